The molecule has 0 aliphatic heterocycles. The molecule has 1 aromatic heterocycles. The van der Waals surface area contributed by atoms with Crippen LogP contribution < -0.4 is 0 Å². The second-order valence-corrected chi connectivity index (χ2v) is 6.71. The van der Waals surface area contributed by atoms with E-state index in [2.05, 4.69) is 4.98 Å². The van der Waals surface area contributed by atoms with Crippen LogP contribution in [0.25, 0.3) is 10.6 Å². The molecule has 28 heavy (non-hydrogen) atoms. The van der Waals surface area contributed by atoms with Crippen molar-refractivity contribution < 1.29 is 18.7 Å². The summed E-state index contributed by atoms with van der Waals surface area (Å²) in [6.07, 6.45) is 0.250. The van der Waals surface area contributed by atoms with Crippen molar-refractivity contribution in [2.24, 2.45) is 0 Å². The van der Waals surface area contributed by atoms with Crippen molar-refractivity contribution in [2.75, 3.05) is 19.7 Å². The zero-order valence-electron chi connectivity index (χ0n) is 15.1. The van der Waals surface area contributed by atoms with E-state index < -0.39 is 18.5 Å². The Bertz CT molecular complexity index is 910. The van der Waals surface area contributed by atoms with E-state index in [4.69, 9.17) is 15.3 Å². The first-order valence-corrected chi connectivity index (χ1v) is 9.20. The Hall–Kier alpha value is -3.30. The summed E-state index contributed by atoms with van der Waals surface area (Å²) >= 11 is 1.10. The van der Waals surface area contributed by atoms with Crippen LogP contribution in [-0.2, 0) is 9.53 Å². The number of carbonyl (C=O) groups is 2. The van der Waals surface area contributed by atoms with Crippen LogP contribution >= 0.6 is 11.3 Å². The molecular formula is C19H17FN4O3S. The third-order valence-electron chi connectivity index (χ3n) is 3.74. The third kappa shape index (κ3) is 5.60. The fourth-order valence-electron chi connectivity index (χ4n) is 2.32. The number of thiazole rings is 1. The number of benzene rings is 1. The second-order valence-electron chi connectivity index (χ2n) is 5.71. The van der Waals surface area contributed by atoms with Crippen molar-refractivity contribution in [3.8, 4) is 22.7 Å². The molecule has 0 radical (unpaired) electrons. The standard InChI is InChI=1S/C19H17FN4O3S/c1-13-17(28-18(23-13)14-4-6-15(20)7-5-14)19(26)27-12-16(25)24(10-2-8-21)11-3-9-22/h4-7H,2-3,10-12H2,1H3. The van der Waals surface area contributed by atoms with Crippen molar-refractivity contribution in [3.63, 3.8) is 0 Å². The summed E-state index contributed by atoms with van der Waals surface area (Å²) in [6.45, 7) is 1.50. The third-order valence-corrected chi connectivity index (χ3v) is 4.93. The summed E-state index contributed by atoms with van der Waals surface area (Å²) < 4.78 is 18.1. The Morgan fingerprint density at radius 1 is 1.18 bits per heavy atom. The Morgan fingerprint density at radius 2 is 1.79 bits per heavy atom. The van der Waals surface area contributed by atoms with Crippen molar-refractivity contribution in [1.29, 1.82) is 10.5 Å². The fourth-order valence-corrected chi connectivity index (χ4v) is 3.28. The van der Waals surface area contributed by atoms with E-state index in [-0.39, 0.29) is 36.6 Å². The molecule has 0 saturated carbocycles. The molecule has 1 amide bonds. The second kappa shape index (κ2) is 10.1. The van der Waals surface area contributed by atoms with E-state index in [0.29, 0.717) is 16.3 Å². The molecule has 0 saturated heterocycles. The van der Waals surface area contributed by atoms with Gasteiger partial charge in [0.15, 0.2) is 6.61 Å². The summed E-state index contributed by atoms with van der Waals surface area (Å²) in [5.74, 6) is -1.52. The van der Waals surface area contributed by atoms with Crippen molar-refractivity contribution in [3.05, 3.63) is 40.7 Å². The smallest absolute Gasteiger partial charge is 0.350 e. The molecule has 0 spiro atoms. The summed E-state index contributed by atoms with van der Waals surface area (Å²) in [4.78, 5) is 30.4. The number of hydrogen-bond donors (Lipinski definition) is 0. The number of esters is 1. The van der Waals surface area contributed by atoms with Crippen molar-refractivity contribution in [2.45, 2.75) is 19.8 Å². The monoisotopic (exact) mass is 400 g/mol. The van der Waals surface area contributed by atoms with Crippen LogP contribution in [-0.4, -0.2) is 41.5 Å². The van der Waals surface area contributed by atoms with Crippen molar-refractivity contribution in [1.82, 2.24) is 9.88 Å². The van der Waals surface area contributed by atoms with E-state index in [1.807, 2.05) is 12.1 Å². The molecule has 0 aliphatic carbocycles. The molecule has 0 unspecified atom stereocenters. The number of rotatable bonds is 8. The molecule has 0 bridgehead atoms. The summed E-state index contributed by atoms with van der Waals surface area (Å²) in [7, 11) is 0. The summed E-state index contributed by atoms with van der Waals surface area (Å²) in [5.41, 5.74) is 1.12. The number of aromatic nitrogens is 1. The van der Waals surface area contributed by atoms with Crippen LogP contribution in [0, 0.1) is 35.4 Å². The van der Waals surface area contributed by atoms with Gasteiger partial charge in [0.2, 0.25) is 0 Å². The Balaban J connectivity index is 2.02. The van der Waals surface area contributed by atoms with Gasteiger partial charge in [-0.3, -0.25) is 4.79 Å². The number of nitriles is 2. The van der Waals surface area contributed by atoms with Crippen LogP contribution in [0.2, 0.25) is 0 Å². The predicted molar refractivity (Wildman–Crippen MR) is 99.6 cm³/mol. The molecule has 0 N–H and O–H groups in total. The topological polar surface area (TPSA) is 107 Å². The first kappa shape index (κ1) is 21.0. The van der Waals surface area contributed by atoms with E-state index in [1.54, 1.807) is 19.1 Å². The first-order valence-electron chi connectivity index (χ1n) is 8.38. The van der Waals surface area contributed by atoms with Crippen LogP contribution in [0.15, 0.2) is 24.3 Å². The largest absolute Gasteiger partial charge is 0.451 e. The van der Waals surface area contributed by atoms with E-state index in [9.17, 15) is 14.0 Å². The van der Waals surface area contributed by atoms with Crippen LogP contribution in [0.5, 0.6) is 0 Å². The average molecular weight is 400 g/mol. The van der Waals surface area contributed by atoms with Crippen LogP contribution in [0.4, 0.5) is 4.39 Å². The van der Waals surface area contributed by atoms with Gasteiger partial charge in [-0.2, -0.15) is 10.5 Å². The Kier molecular flexibility index (Phi) is 7.61. The molecule has 9 heteroatoms. The lowest BCUT2D eigenvalue weighted by molar-refractivity contribution is -0.134. The fraction of sp³-hybridized carbons (Fsp3) is 0.316. The Labute approximate surface area is 165 Å². The van der Waals surface area contributed by atoms with Gasteiger partial charge >= 0.3 is 5.97 Å². The van der Waals surface area contributed by atoms with Gasteiger partial charge in [-0.25, -0.2) is 14.2 Å². The van der Waals surface area contributed by atoms with Gasteiger partial charge in [-0.05, 0) is 31.2 Å². The van der Waals surface area contributed by atoms with Gasteiger partial charge in [0, 0.05) is 18.7 Å². The molecule has 0 aliphatic rings. The Morgan fingerprint density at radius 3 is 2.36 bits per heavy atom. The van der Waals surface area contributed by atoms with Crippen LogP contribution in [0.1, 0.15) is 28.2 Å². The number of aryl methyl sites for hydroxylation is 1. The van der Waals surface area contributed by atoms with Gasteiger partial charge in [0.25, 0.3) is 5.91 Å². The van der Waals surface area contributed by atoms with Gasteiger partial charge in [0.05, 0.1) is 30.7 Å². The SMILES string of the molecule is Cc1nc(-c2ccc(F)cc2)sc1C(=O)OCC(=O)N(CCC#N)CCC#N. The van der Waals surface area contributed by atoms with Gasteiger partial charge in [-0.1, -0.05) is 0 Å². The molecule has 7 nitrogen and oxygen atoms in total. The molecule has 1 aromatic carbocycles. The lowest BCUT2D eigenvalue weighted by Crippen LogP contribution is -2.36. The highest BCUT2D eigenvalue weighted by atomic mass is 32.1. The number of amides is 1. The number of nitrogens with zero attached hydrogens (tertiary/aromatic N) is 4. The van der Waals surface area contributed by atoms with E-state index in [1.165, 1.54) is 17.0 Å². The molecule has 144 valence electrons. The maximum Gasteiger partial charge on any atom is 0.350 e. The zero-order valence-corrected chi connectivity index (χ0v) is 16.0. The number of ether oxygens (including phenoxy) is 1. The molecule has 0 fully saturated rings. The molecule has 2 aromatic rings. The number of carbonyl (C=O) groups excluding carboxylic acids is 2. The molecule has 0 atom stereocenters. The highest BCUT2D eigenvalue weighted by Crippen LogP contribution is 2.28. The first-order chi connectivity index (χ1) is 13.5. The number of hydrogen-bond acceptors (Lipinski definition) is 7. The lowest BCUT2D eigenvalue weighted by Gasteiger charge is -2.19. The maximum absolute atomic E-state index is 13.0. The minimum atomic E-state index is -0.683. The maximum atomic E-state index is 13.0. The van der Waals surface area contributed by atoms with Crippen LogP contribution in [0.3, 0.4) is 0 Å². The minimum absolute atomic E-state index is 0.125. The van der Waals surface area contributed by atoms with Crippen molar-refractivity contribution >= 4 is 23.2 Å². The highest BCUT2D eigenvalue weighted by Gasteiger charge is 2.20. The van der Waals surface area contributed by atoms with Gasteiger partial charge < -0.3 is 9.64 Å². The minimum Gasteiger partial charge on any atom is -0.451 e. The summed E-state index contributed by atoms with van der Waals surface area (Å²) in [5, 5.41) is 17.9. The quantitative estimate of drug-likeness (QED) is 0.630. The van der Waals surface area contributed by atoms with Gasteiger partial charge in [-0.15, -0.1) is 11.3 Å². The number of halogens is 1. The molecule has 2 rings (SSSR count). The lowest BCUT2D eigenvalue weighted by atomic mass is 10.2. The normalized spacial score (nSPS) is 10.0. The molecule has 1 heterocycles. The highest BCUT2D eigenvalue weighted by molar-refractivity contribution is 7.17. The van der Waals surface area contributed by atoms with Gasteiger partial charge in [0.1, 0.15) is 15.7 Å². The van der Waals surface area contributed by atoms with E-state index in [0.717, 1.165) is 11.3 Å². The predicted octanol–water partition coefficient (Wildman–Crippen LogP) is 3.07. The summed E-state index contributed by atoms with van der Waals surface area (Å²) in [6, 6.07) is 9.61. The average Bonchev–Trinajstić information content (AvgIpc) is 3.08. The van der Waals surface area contributed by atoms with E-state index >= 15 is 0 Å². The molecular weight excluding hydrogens is 383 g/mol. The zero-order chi connectivity index (χ0) is 20.5.